The Bertz CT molecular complexity index is 522. The summed E-state index contributed by atoms with van der Waals surface area (Å²) in [5.41, 5.74) is 3.78. The van der Waals surface area contributed by atoms with Gasteiger partial charge in [-0.25, -0.2) is 0 Å². The number of carbonyl (C=O) groups is 1. The third kappa shape index (κ3) is 2.59. The fourth-order valence-corrected chi connectivity index (χ4v) is 3.36. The quantitative estimate of drug-likeness (QED) is 0.914. The maximum atomic E-state index is 12.2. The lowest BCUT2D eigenvalue weighted by Crippen LogP contribution is -2.38. The van der Waals surface area contributed by atoms with Crippen LogP contribution in [-0.4, -0.2) is 23.4 Å². The molecule has 1 saturated heterocycles. The van der Waals surface area contributed by atoms with Crippen LogP contribution in [0.15, 0.2) is 18.2 Å². The zero-order chi connectivity index (χ0) is 14.3. The van der Waals surface area contributed by atoms with E-state index in [1.165, 1.54) is 29.5 Å². The second-order valence-corrected chi connectivity index (χ2v) is 6.47. The van der Waals surface area contributed by atoms with Crippen molar-refractivity contribution in [2.24, 2.45) is 5.92 Å². The van der Waals surface area contributed by atoms with Crippen molar-refractivity contribution in [2.45, 2.75) is 52.2 Å². The molecule has 2 aliphatic rings. The molecule has 108 valence electrons. The number of benzene rings is 1. The van der Waals surface area contributed by atoms with Gasteiger partial charge in [0.1, 0.15) is 6.17 Å². The maximum Gasteiger partial charge on any atom is 0.238 e. The van der Waals surface area contributed by atoms with Crippen LogP contribution in [0.25, 0.3) is 0 Å². The summed E-state index contributed by atoms with van der Waals surface area (Å²) in [4.78, 5) is 14.3. The summed E-state index contributed by atoms with van der Waals surface area (Å²) >= 11 is 0. The molecule has 2 unspecified atom stereocenters. The minimum absolute atomic E-state index is 0.0526. The van der Waals surface area contributed by atoms with Gasteiger partial charge in [0, 0.05) is 6.04 Å². The van der Waals surface area contributed by atoms with Crippen molar-refractivity contribution < 1.29 is 4.79 Å². The summed E-state index contributed by atoms with van der Waals surface area (Å²) in [6.45, 7) is 6.90. The molecule has 0 spiro atoms. The Labute approximate surface area is 121 Å². The standard InChI is InChI=1S/C17H24N2O/c1-11-4-7-15(12(2)8-11)17-18-10-16(20)19(17)13(3)9-14-5-6-14/h4,7-8,13-14,17-18H,5-6,9-10H2,1-3H3. The fraction of sp³-hybridized carbons (Fsp3) is 0.588. The molecule has 3 nitrogen and oxygen atoms in total. The SMILES string of the molecule is Cc1ccc(C2NCC(=O)N2C(C)CC2CC2)c(C)c1. The lowest BCUT2D eigenvalue weighted by Gasteiger charge is -2.31. The number of hydrogen-bond acceptors (Lipinski definition) is 2. The van der Waals surface area contributed by atoms with Crippen LogP contribution < -0.4 is 5.32 Å². The predicted octanol–water partition coefficient (Wildman–Crippen LogP) is 2.92. The van der Waals surface area contributed by atoms with Crippen molar-refractivity contribution in [3.05, 3.63) is 34.9 Å². The fourth-order valence-electron chi connectivity index (χ4n) is 3.36. The number of aryl methyl sites for hydroxylation is 2. The van der Waals surface area contributed by atoms with Crippen LogP contribution in [0.5, 0.6) is 0 Å². The van der Waals surface area contributed by atoms with Gasteiger partial charge >= 0.3 is 0 Å². The van der Waals surface area contributed by atoms with Gasteiger partial charge in [-0.15, -0.1) is 0 Å². The van der Waals surface area contributed by atoms with Crippen molar-refractivity contribution in [1.82, 2.24) is 10.2 Å². The Hall–Kier alpha value is -1.35. The number of hydrogen-bond donors (Lipinski definition) is 1. The molecule has 0 bridgehead atoms. The zero-order valence-electron chi connectivity index (χ0n) is 12.6. The van der Waals surface area contributed by atoms with E-state index in [0.29, 0.717) is 12.6 Å². The van der Waals surface area contributed by atoms with E-state index < -0.39 is 0 Å². The van der Waals surface area contributed by atoms with Crippen LogP contribution >= 0.6 is 0 Å². The number of nitrogens with zero attached hydrogens (tertiary/aromatic N) is 1. The zero-order valence-corrected chi connectivity index (χ0v) is 12.6. The second kappa shape index (κ2) is 5.21. The highest BCUT2D eigenvalue weighted by Gasteiger charge is 2.37. The highest BCUT2D eigenvalue weighted by atomic mass is 16.2. The van der Waals surface area contributed by atoms with Gasteiger partial charge in [0.2, 0.25) is 5.91 Å². The molecule has 0 radical (unpaired) electrons. The van der Waals surface area contributed by atoms with Crippen molar-refractivity contribution >= 4 is 5.91 Å². The van der Waals surface area contributed by atoms with Gasteiger partial charge in [0.05, 0.1) is 6.54 Å². The van der Waals surface area contributed by atoms with E-state index >= 15 is 0 Å². The molecular weight excluding hydrogens is 248 g/mol. The summed E-state index contributed by atoms with van der Waals surface area (Å²) in [7, 11) is 0. The third-order valence-corrected chi connectivity index (χ3v) is 4.58. The smallest absolute Gasteiger partial charge is 0.238 e. The molecule has 1 aliphatic heterocycles. The molecule has 1 N–H and O–H groups in total. The number of carbonyl (C=O) groups excluding carboxylic acids is 1. The molecule has 1 heterocycles. The Kier molecular flexibility index (Phi) is 3.55. The third-order valence-electron chi connectivity index (χ3n) is 4.58. The van der Waals surface area contributed by atoms with Crippen molar-refractivity contribution in [3.63, 3.8) is 0 Å². The summed E-state index contributed by atoms with van der Waals surface area (Å²) < 4.78 is 0. The largest absolute Gasteiger partial charge is 0.319 e. The van der Waals surface area contributed by atoms with Gasteiger partial charge in [-0.2, -0.15) is 0 Å². The van der Waals surface area contributed by atoms with Crippen LogP contribution in [0.4, 0.5) is 0 Å². The number of amides is 1. The molecule has 1 aromatic rings. The first-order chi connectivity index (χ1) is 9.56. The molecule has 1 saturated carbocycles. The van der Waals surface area contributed by atoms with E-state index in [-0.39, 0.29) is 12.1 Å². The molecule has 1 amide bonds. The van der Waals surface area contributed by atoms with Crippen molar-refractivity contribution in [2.75, 3.05) is 6.54 Å². The van der Waals surface area contributed by atoms with Crippen LogP contribution in [0.2, 0.25) is 0 Å². The van der Waals surface area contributed by atoms with E-state index in [1.54, 1.807) is 0 Å². The Morgan fingerprint density at radius 2 is 2.10 bits per heavy atom. The first-order valence-corrected chi connectivity index (χ1v) is 7.68. The van der Waals surface area contributed by atoms with Crippen LogP contribution in [0, 0.1) is 19.8 Å². The topological polar surface area (TPSA) is 32.3 Å². The monoisotopic (exact) mass is 272 g/mol. The van der Waals surface area contributed by atoms with Crippen molar-refractivity contribution in [3.8, 4) is 0 Å². The second-order valence-electron chi connectivity index (χ2n) is 6.47. The van der Waals surface area contributed by atoms with Crippen molar-refractivity contribution in [1.29, 1.82) is 0 Å². The van der Waals surface area contributed by atoms with E-state index in [1.807, 2.05) is 0 Å². The van der Waals surface area contributed by atoms with E-state index in [4.69, 9.17) is 0 Å². The van der Waals surface area contributed by atoms with Gasteiger partial charge < -0.3 is 4.90 Å². The molecule has 1 aromatic carbocycles. The van der Waals surface area contributed by atoms with Crippen LogP contribution in [0.1, 0.15) is 49.0 Å². The molecule has 2 atom stereocenters. The first kappa shape index (κ1) is 13.6. The lowest BCUT2D eigenvalue weighted by atomic mass is 10.0. The molecule has 3 rings (SSSR count). The number of nitrogens with one attached hydrogen (secondary N) is 1. The lowest BCUT2D eigenvalue weighted by molar-refractivity contribution is -0.130. The van der Waals surface area contributed by atoms with E-state index in [0.717, 1.165) is 12.3 Å². The highest BCUT2D eigenvalue weighted by Crippen LogP contribution is 2.37. The Morgan fingerprint density at radius 1 is 1.35 bits per heavy atom. The molecule has 2 fully saturated rings. The minimum Gasteiger partial charge on any atom is -0.319 e. The molecule has 20 heavy (non-hydrogen) atoms. The first-order valence-electron chi connectivity index (χ1n) is 7.68. The average Bonchev–Trinajstić information content (AvgIpc) is 3.11. The predicted molar refractivity (Wildman–Crippen MR) is 80.3 cm³/mol. The summed E-state index contributed by atoms with van der Waals surface area (Å²) in [6.07, 6.45) is 3.88. The number of rotatable bonds is 4. The summed E-state index contributed by atoms with van der Waals surface area (Å²) in [5, 5.41) is 3.38. The highest BCUT2D eigenvalue weighted by molar-refractivity contribution is 5.81. The van der Waals surface area contributed by atoms with Gasteiger partial charge in [-0.3, -0.25) is 10.1 Å². The van der Waals surface area contributed by atoms with E-state index in [2.05, 4.69) is 49.2 Å². The van der Waals surface area contributed by atoms with Gasteiger partial charge in [-0.05, 0) is 44.2 Å². The normalized spacial score (nSPS) is 24.2. The Morgan fingerprint density at radius 3 is 2.75 bits per heavy atom. The van der Waals surface area contributed by atoms with E-state index in [9.17, 15) is 4.79 Å². The summed E-state index contributed by atoms with van der Waals surface area (Å²) in [5.74, 6) is 1.08. The molecular formula is C17H24N2O. The van der Waals surface area contributed by atoms with Gasteiger partial charge in [0.25, 0.3) is 0 Å². The average molecular weight is 272 g/mol. The Balaban J connectivity index is 1.84. The van der Waals surface area contributed by atoms with Crippen LogP contribution in [-0.2, 0) is 4.79 Å². The van der Waals surface area contributed by atoms with Gasteiger partial charge in [-0.1, -0.05) is 36.6 Å². The molecule has 3 heteroatoms. The minimum atomic E-state index is 0.0526. The molecule has 1 aliphatic carbocycles. The van der Waals surface area contributed by atoms with Crippen LogP contribution in [0.3, 0.4) is 0 Å². The maximum absolute atomic E-state index is 12.2. The van der Waals surface area contributed by atoms with Gasteiger partial charge in [0.15, 0.2) is 0 Å². The molecule has 0 aromatic heterocycles. The summed E-state index contributed by atoms with van der Waals surface area (Å²) in [6, 6.07) is 6.83.